The summed E-state index contributed by atoms with van der Waals surface area (Å²) in [5.74, 6) is 0.258. The second kappa shape index (κ2) is 7.93. The molecule has 0 atom stereocenters. The lowest BCUT2D eigenvalue weighted by molar-refractivity contribution is -0.113. The second-order valence-electron chi connectivity index (χ2n) is 6.17. The molecule has 3 aromatic rings. The number of benzene rings is 2. The second-order valence-corrected chi connectivity index (χ2v) is 8.42. The van der Waals surface area contributed by atoms with Gasteiger partial charge in [0.15, 0.2) is 4.34 Å². The molecule has 0 aliphatic heterocycles. The molecule has 0 bridgehead atoms. The van der Waals surface area contributed by atoms with Gasteiger partial charge < -0.3 is 11.1 Å². The summed E-state index contributed by atoms with van der Waals surface area (Å²) in [6.07, 6.45) is 0. The minimum Gasteiger partial charge on any atom is -0.389 e. The highest BCUT2D eigenvalue weighted by atomic mass is 32.2. The Balaban J connectivity index is 1.66. The highest BCUT2D eigenvalue weighted by molar-refractivity contribution is 8.01. The van der Waals surface area contributed by atoms with Crippen molar-refractivity contribution in [1.29, 1.82) is 0 Å². The first kappa shape index (κ1) is 18.5. The summed E-state index contributed by atoms with van der Waals surface area (Å²) in [5, 5.41) is 3.69. The molecular weight excluding hydrogens is 362 g/mol. The molecule has 4 nitrogen and oxygen atoms in total. The van der Waals surface area contributed by atoms with Crippen LogP contribution in [-0.4, -0.2) is 16.6 Å². The summed E-state index contributed by atoms with van der Waals surface area (Å²) in [5.41, 5.74) is 12.1. The van der Waals surface area contributed by atoms with Crippen molar-refractivity contribution in [2.24, 2.45) is 0 Å². The van der Waals surface area contributed by atoms with Gasteiger partial charge in [-0.15, -0.1) is 0 Å². The molecule has 3 rings (SSSR count). The SMILES string of the molecule is Cc1cc(C)c(NC(=O)CSc2nc(-c3ccccc3)c(N)s2)c(C)c1. The van der Waals surface area contributed by atoms with Crippen LogP contribution < -0.4 is 11.1 Å². The molecule has 1 amide bonds. The number of carbonyl (C=O) groups excluding carboxylic acids is 1. The van der Waals surface area contributed by atoms with E-state index in [2.05, 4.69) is 29.4 Å². The Morgan fingerprint density at radius 1 is 1.15 bits per heavy atom. The predicted molar refractivity (Wildman–Crippen MR) is 112 cm³/mol. The van der Waals surface area contributed by atoms with Gasteiger partial charge in [0.1, 0.15) is 10.7 Å². The minimum absolute atomic E-state index is 0.0416. The minimum atomic E-state index is -0.0416. The molecule has 0 saturated carbocycles. The van der Waals surface area contributed by atoms with Crippen molar-refractivity contribution in [3.63, 3.8) is 0 Å². The maximum absolute atomic E-state index is 12.4. The first-order valence-corrected chi connectivity index (χ1v) is 10.1. The lowest BCUT2D eigenvalue weighted by Gasteiger charge is -2.12. The smallest absolute Gasteiger partial charge is 0.234 e. The van der Waals surface area contributed by atoms with E-state index in [9.17, 15) is 4.79 Å². The fraction of sp³-hybridized carbons (Fsp3) is 0.200. The normalized spacial score (nSPS) is 10.7. The zero-order valence-electron chi connectivity index (χ0n) is 15.0. The molecule has 0 spiro atoms. The molecule has 6 heteroatoms. The van der Waals surface area contributed by atoms with E-state index in [4.69, 9.17) is 5.73 Å². The summed E-state index contributed by atoms with van der Waals surface area (Å²) < 4.78 is 0.800. The van der Waals surface area contributed by atoms with E-state index in [1.807, 2.05) is 44.2 Å². The largest absolute Gasteiger partial charge is 0.389 e. The van der Waals surface area contributed by atoms with Crippen molar-refractivity contribution >= 4 is 39.7 Å². The van der Waals surface area contributed by atoms with Crippen LogP contribution in [0.15, 0.2) is 46.8 Å². The van der Waals surface area contributed by atoms with Crippen molar-refractivity contribution in [1.82, 2.24) is 4.98 Å². The molecular formula is C20H21N3OS2. The highest BCUT2D eigenvalue weighted by Gasteiger charge is 2.13. The first-order valence-electron chi connectivity index (χ1n) is 8.26. The Hall–Kier alpha value is -2.31. The fourth-order valence-electron chi connectivity index (χ4n) is 2.86. The van der Waals surface area contributed by atoms with Crippen molar-refractivity contribution in [3.05, 3.63) is 59.2 Å². The van der Waals surface area contributed by atoms with E-state index in [-0.39, 0.29) is 5.91 Å². The van der Waals surface area contributed by atoms with Crippen LogP contribution in [0.25, 0.3) is 11.3 Å². The molecule has 0 aliphatic carbocycles. The van der Waals surface area contributed by atoms with Gasteiger partial charge in [-0.05, 0) is 31.9 Å². The van der Waals surface area contributed by atoms with E-state index in [0.717, 1.165) is 32.4 Å². The summed E-state index contributed by atoms with van der Waals surface area (Å²) in [7, 11) is 0. The van der Waals surface area contributed by atoms with Crippen molar-refractivity contribution in [3.8, 4) is 11.3 Å². The van der Waals surface area contributed by atoms with Gasteiger partial charge in [0.25, 0.3) is 0 Å². The number of anilines is 2. The van der Waals surface area contributed by atoms with Gasteiger partial charge in [-0.1, -0.05) is 71.1 Å². The third-order valence-electron chi connectivity index (χ3n) is 3.95. The van der Waals surface area contributed by atoms with Crippen molar-refractivity contribution in [2.75, 3.05) is 16.8 Å². The van der Waals surface area contributed by atoms with Crippen LogP contribution in [-0.2, 0) is 4.79 Å². The molecule has 0 fully saturated rings. The third-order valence-corrected chi connectivity index (χ3v) is 5.98. The van der Waals surface area contributed by atoms with Gasteiger partial charge in [-0.25, -0.2) is 4.98 Å². The van der Waals surface area contributed by atoms with Gasteiger partial charge in [0.2, 0.25) is 5.91 Å². The lowest BCUT2D eigenvalue weighted by atomic mass is 10.1. The molecule has 1 aromatic heterocycles. The molecule has 1 heterocycles. The number of rotatable bonds is 5. The topological polar surface area (TPSA) is 68.0 Å². The Labute approximate surface area is 161 Å². The van der Waals surface area contributed by atoms with Crippen molar-refractivity contribution < 1.29 is 4.79 Å². The van der Waals surface area contributed by atoms with Gasteiger partial charge in [0.05, 0.1) is 5.75 Å². The number of amides is 1. The highest BCUT2D eigenvalue weighted by Crippen LogP contribution is 2.35. The summed E-state index contributed by atoms with van der Waals surface area (Å²) >= 11 is 2.82. The number of thioether (sulfide) groups is 1. The van der Waals surface area contributed by atoms with E-state index < -0.39 is 0 Å². The van der Waals surface area contributed by atoms with Crippen LogP contribution in [0.4, 0.5) is 10.7 Å². The summed E-state index contributed by atoms with van der Waals surface area (Å²) in [6, 6.07) is 14.0. The number of nitrogens with two attached hydrogens (primary N) is 1. The standard InChI is InChI=1S/C20H21N3OS2/c1-12-9-13(2)17(14(3)10-12)22-16(24)11-25-20-23-18(19(21)26-20)15-7-5-4-6-8-15/h4-10H,11,21H2,1-3H3,(H,22,24). The van der Waals surface area contributed by atoms with E-state index >= 15 is 0 Å². The number of aryl methyl sites for hydroxylation is 3. The number of nitrogen functional groups attached to an aromatic ring is 1. The summed E-state index contributed by atoms with van der Waals surface area (Å²) in [6.45, 7) is 6.07. The molecule has 0 saturated heterocycles. The van der Waals surface area contributed by atoms with Crippen LogP contribution >= 0.6 is 23.1 Å². The van der Waals surface area contributed by atoms with Crippen LogP contribution in [0.2, 0.25) is 0 Å². The van der Waals surface area contributed by atoms with E-state index in [0.29, 0.717) is 10.8 Å². The molecule has 0 aliphatic rings. The van der Waals surface area contributed by atoms with Gasteiger partial charge in [-0.3, -0.25) is 4.79 Å². The monoisotopic (exact) mass is 383 g/mol. The molecule has 134 valence electrons. The Morgan fingerprint density at radius 3 is 2.46 bits per heavy atom. The van der Waals surface area contributed by atoms with Crippen LogP contribution in [0, 0.1) is 20.8 Å². The lowest BCUT2D eigenvalue weighted by Crippen LogP contribution is -2.15. The van der Waals surface area contributed by atoms with Crippen LogP contribution in [0.5, 0.6) is 0 Å². The van der Waals surface area contributed by atoms with Gasteiger partial charge in [-0.2, -0.15) is 0 Å². The predicted octanol–water partition coefficient (Wildman–Crippen LogP) is 5.05. The molecule has 3 N–H and O–H groups in total. The average molecular weight is 384 g/mol. The summed E-state index contributed by atoms with van der Waals surface area (Å²) in [4.78, 5) is 16.9. The average Bonchev–Trinajstić information content (AvgIpc) is 2.98. The molecule has 2 aromatic carbocycles. The molecule has 26 heavy (non-hydrogen) atoms. The zero-order chi connectivity index (χ0) is 18.7. The van der Waals surface area contributed by atoms with Gasteiger partial charge >= 0.3 is 0 Å². The number of thiazole rings is 1. The fourth-order valence-corrected chi connectivity index (χ4v) is 4.61. The molecule has 0 unspecified atom stereocenters. The molecule has 0 radical (unpaired) electrons. The Bertz CT molecular complexity index is 912. The zero-order valence-corrected chi connectivity index (χ0v) is 16.6. The van der Waals surface area contributed by atoms with Gasteiger partial charge in [0, 0.05) is 11.3 Å². The third kappa shape index (κ3) is 4.26. The quantitative estimate of drug-likeness (QED) is 0.605. The van der Waals surface area contributed by atoms with E-state index in [1.165, 1.54) is 28.7 Å². The Kier molecular flexibility index (Phi) is 5.64. The first-order chi connectivity index (χ1) is 12.4. The van der Waals surface area contributed by atoms with Crippen LogP contribution in [0.3, 0.4) is 0 Å². The van der Waals surface area contributed by atoms with Crippen molar-refractivity contribution in [2.45, 2.75) is 25.1 Å². The number of nitrogens with zero attached hydrogens (tertiary/aromatic N) is 1. The van der Waals surface area contributed by atoms with Crippen LogP contribution in [0.1, 0.15) is 16.7 Å². The van der Waals surface area contributed by atoms with E-state index in [1.54, 1.807) is 0 Å². The number of carbonyl (C=O) groups is 1. The maximum Gasteiger partial charge on any atom is 0.234 e. The number of hydrogen-bond acceptors (Lipinski definition) is 5. The Morgan fingerprint density at radius 2 is 1.81 bits per heavy atom. The number of nitrogens with one attached hydrogen (secondary N) is 1. The number of hydrogen-bond donors (Lipinski definition) is 2. The number of aromatic nitrogens is 1. The maximum atomic E-state index is 12.4.